The number of hydrogen-bond acceptors (Lipinski definition) is 6. The second-order valence-corrected chi connectivity index (χ2v) is 10.7. The summed E-state index contributed by atoms with van der Waals surface area (Å²) in [5.74, 6) is 0.535. The molecule has 0 saturated carbocycles. The standard InChI is InChI=1S/C26H27BrClN7O3/c1-31-23-22(24(37)32(2)26(31)38)35(15-17-3-5-18(27)6-4-17)25(30-23)34-13-11-33(12-14-34)16-21(36)29-20-9-7-19(28)8-10-20/h3-10H,11-16H2,1-2H3,(H,29,36). The summed E-state index contributed by atoms with van der Waals surface area (Å²) in [7, 11) is 3.11. The van der Waals surface area contributed by atoms with E-state index in [9.17, 15) is 14.4 Å². The predicted molar refractivity (Wildman–Crippen MR) is 152 cm³/mol. The van der Waals surface area contributed by atoms with Crippen LogP contribution in [0.3, 0.4) is 0 Å². The third kappa shape index (κ3) is 5.27. The van der Waals surface area contributed by atoms with Crippen molar-refractivity contribution in [3.63, 3.8) is 0 Å². The van der Waals surface area contributed by atoms with Crippen molar-refractivity contribution < 1.29 is 4.79 Å². The number of benzene rings is 2. The molecular weight excluding hydrogens is 574 g/mol. The molecule has 1 fully saturated rings. The van der Waals surface area contributed by atoms with Crippen LogP contribution in [-0.4, -0.2) is 62.2 Å². The van der Waals surface area contributed by atoms with Gasteiger partial charge in [0.2, 0.25) is 11.9 Å². The Labute approximate surface area is 232 Å². The molecule has 3 heterocycles. The quantitative estimate of drug-likeness (QED) is 0.366. The van der Waals surface area contributed by atoms with Crippen LogP contribution in [0.5, 0.6) is 0 Å². The van der Waals surface area contributed by atoms with Crippen LogP contribution in [0.4, 0.5) is 11.6 Å². The van der Waals surface area contributed by atoms with E-state index in [1.807, 2.05) is 28.8 Å². The topological polar surface area (TPSA) is 97.4 Å². The van der Waals surface area contributed by atoms with Crippen molar-refractivity contribution >= 4 is 56.2 Å². The van der Waals surface area contributed by atoms with E-state index < -0.39 is 5.69 Å². The van der Waals surface area contributed by atoms with E-state index >= 15 is 0 Å². The monoisotopic (exact) mass is 599 g/mol. The minimum Gasteiger partial charge on any atom is -0.340 e. The van der Waals surface area contributed by atoms with Crippen LogP contribution in [0.2, 0.25) is 5.02 Å². The molecule has 0 unspecified atom stereocenters. The number of anilines is 2. The number of nitrogens with zero attached hydrogens (tertiary/aromatic N) is 6. The van der Waals surface area contributed by atoms with Crippen molar-refractivity contribution in [2.45, 2.75) is 6.54 Å². The van der Waals surface area contributed by atoms with Crippen molar-refractivity contribution in [2.75, 3.05) is 42.9 Å². The van der Waals surface area contributed by atoms with Gasteiger partial charge in [-0.2, -0.15) is 4.98 Å². The maximum atomic E-state index is 13.2. The first-order valence-electron chi connectivity index (χ1n) is 12.1. The highest BCUT2D eigenvalue weighted by Crippen LogP contribution is 2.23. The number of halogens is 2. The normalized spacial score (nSPS) is 14.3. The second kappa shape index (κ2) is 10.8. The Bertz CT molecular complexity index is 1600. The number of carbonyl (C=O) groups is 1. The molecule has 12 heteroatoms. The van der Waals surface area contributed by atoms with Crippen LogP contribution in [0.15, 0.2) is 62.6 Å². The molecule has 1 amide bonds. The third-order valence-corrected chi connectivity index (χ3v) is 7.51. The van der Waals surface area contributed by atoms with Gasteiger partial charge in [0, 0.05) is 55.5 Å². The number of piperazine rings is 1. The van der Waals surface area contributed by atoms with Crippen LogP contribution >= 0.6 is 27.5 Å². The zero-order chi connectivity index (χ0) is 27.0. The van der Waals surface area contributed by atoms with Gasteiger partial charge in [-0.05, 0) is 42.0 Å². The average Bonchev–Trinajstić information content (AvgIpc) is 3.28. The second-order valence-electron chi connectivity index (χ2n) is 9.32. The molecule has 0 radical (unpaired) electrons. The van der Waals surface area contributed by atoms with Crippen LogP contribution in [0, 0.1) is 0 Å². The number of imidazole rings is 1. The van der Waals surface area contributed by atoms with Gasteiger partial charge in [-0.1, -0.05) is 39.7 Å². The highest BCUT2D eigenvalue weighted by Gasteiger charge is 2.26. The maximum absolute atomic E-state index is 13.2. The largest absolute Gasteiger partial charge is 0.340 e. The summed E-state index contributed by atoms with van der Waals surface area (Å²) in [4.78, 5) is 47.3. The molecule has 2 aromatic heterocycles. The molecule has 1 aliphatic rings. The Hall–Kier alpha value is -3.41. The molecule has 10 nitrogen and oxygen atoms in total. The molecule has 1 N–H and O–H groups in total. The molecule has 0 atom stereocenters. The van der Waals surface area contributed by atoms with Crippen LogP contribution < -0.4 is 21.5 Å². The smallest absolute Gasteiger partial charge is 0.332 e. The Morgan fingerprint density at radius 1 is 0.974 bits per heavy atom. The van der Waals surface area contributed by atoms with Gasteiger partial charge in [0.1, 0.15) is 0 Å². The molecule has 4 aromatic rings. The number of aryl methyl sites for hydroxylation is 1. The van der Waals surface area contributed by atoms with Gasteiger partial charge >= 0.3 is 5.69 Å². The zero-order valence-electron chi connectivity index (χ0n) is 21.0. The van der Waals surface area contributed by atoms with Crippen LogP contribution in [-0.2, 0) is 25.4 Å². The molecule has 1 saturated heterocycles. The fourth-order valence-corrected chi connectivity index (χ4v) is 5.03. The van der Waals surface area contributed by atoms with Crippen molar-refractivity contribution in [3.05, 3.63) is 84.4 Å². The van der Waals surface area contributed by atoms with Gasteiger partial charge in [0.25, 0.3) is 5.56 Å². The fraction of sp³-hybridized carbons (Fsp3) is 0.308. The molecule has 1 aliphatic heterocycles. The van der Waals surface area contributed by atoms with E-state index in [1.165, 1.54) is 11.6 Å². The van der Waals surface area contributed by atoms with Gasteiger partial charge in [-0.25, -0.2) is 4.79 Å². The predicted octanol–water partition coefficient (Wildman–Crippen LogP) is 2.66. The van der Waals surface area contributed by atoms with Gasteiger partial charge < -0.3 is 10.2 Å². The number of carbonyl (C=O) groups excluding carboxylic acids is 1. The maximum Gasteiger partial charge on any atom is 0.332 e. The number of amides is 1. The number of aromatic nitrogens is 4. The Kier molecular flexibility index (Phi) is 7.42. The molecule has 38 heavy (non-hydrogen) atoms. The highest BCUT2D eigenvalue weighted by atomic mass is 79.9. The SMILES string of the molecule is Cn1c(=O)c2c(nc(N3CCN(CC(=O)Nc4ccc(Cl)cc4)CC3)n2Cc2ccc(Br)cc2)n(C)c1=O. The molecule has 0 aliphatic carbocycles. The van der Waals surface area contributed by atoms with Gasteiger partial charge in [0.15, 0.2) is 11.2 Å². The van der Waals surface area contributed by atoms with Crippen molar-refractivity contribution in [3.8, 4) is 0 Å². The number of nitrogens with one attached hydrogen (secondary N) is 1. The average molecular weight is 601 g/mol. The molecule has 2 aromatic carbocycles. The Morgan fingerprint density at radius 3 is 2.29 bits per heavy atom. The van der Waals surface area contributed by atoms with Gasteiger partial charge in [0.05, 0.1) is 13.1 Å². The van der Waals surface area contributed by atoms with Gasteiger partial charge in [-0.3, -0.25) is 28.2 Å². The molecule has 0 bridgehead atoms. The summed E-state index contributed by atoms with van der Waals surface area (Å²) < 4.78 is 5.38. The summed E-state index contributed by atoms with van der Waals surface area (Å²) in [6.07, 6.45) is 0. The Morgan fingerprint density at radius 2 is 1.63 bits per heavy atom. The molecule has 0 spiro atoms. The molecule has 198 valence electrons. The highest BCUT2D eigenvalue weighted by molar-refractivity contribution is 9.10. The van der Waals surface area contributed by atoms with E-state index in [0.717, 1.165) is 14.6 Å². The van der Waals surface area contributed by atoms with Crippen molar-refractivity contribution in [1.29, 1.82) is 0 Å². The number of fused-ring (bicyclic) bond motifs is 1. The summed E-state index contributed by atoms with van der Waals surface area (Å²) in [6.45, 7) is 3.22. The first-order valence-corrected chi connectivity index (χ1v) is 13.3. The third-order valence-electron chi connectivity index (χ3n) is 6.73. The van der Waals surface area contributed by atoms with E-state index in [-0.39, 0.29) is 18.0 Å². The van der Waals surface area contributed by atoms with E-state index in [2.05, 4.69) is 31.0 Å². The van der Waals surface area contributed by atoms with Crippen LogP contribution in [0.1, 0.15) is 5.56 Å². The minimum absolute atomic E-state index is 0.0956. The summed E-state index contributed by atoms with van der Waals surface area (Å²) in [6, 6.07) is 14.9. The van der Waals surface area contributed by atoms with Crippen LogP contribution in [0.25, 0.3) is 11.2 Å². The number of rotatable bonds is 6. The molecular formula is C26H27BrClN7O3. The van der Waals surface area contributed by atoms with E-state index in [1.54, 1.807) is 31.3 Å². The lowest BCUT2D eigenvalue weighted by Gasteiger charge is -2.35. The summed E-state index contributed by atoms with van der Waals surface area (Å²) in [5, 5.41) is 3.51. The van der Waals surface area contributed by atoms with Crippen molar-refractivity contribution in [1.82, 2.24) is 23.6 Å². The van der Waals surface area contributed by atoms with Gasteiger partial charge in [-0.15, -0.1) is 0 Å². The lowest BCUT2D eigenvalue weighted by molar-refractivity contribution is -0.117. The van der Waals surface area contributed by atoms with Crippen molar-refractivity contribution in [2.24, 2.45) is 14.1 Å². The lowest BCUT2D eigenvalue weighted by atomic mass is 10.2. The number of hydrogen-bond donors (Lipinski definition) is 1. The zero-order valence-corrected chi connectivity index (χ0v) is 23.4. The summed E-state index contributed by atoms with van der Waals surface area (Å²) >= 11 is 9.38. The summed E-state index contributed by atoms with van der Waals surface area (Å²) in [5.41, 5.74) is 1.65. The fourth-order valence-electron chi connectivity index (χ4n) is 4.64. The van der Waals surface area contributed by atoms with E-state index in [4.69, 9.17) is 16.6 Å². The first-order chi connectivity index (χ1) is 18.2. The minimum atomic E-state index is -0.418. The lowest BCUT2D eigenvalue weighted by Crippen LogP contribution is -2.49. The Balaban J connectivity index is 1.38. The van der Waals surface area contributed by atoms with E-state index in [0.29, 0.717) is 60.5 Å². The molecule has 5 rings (SSSR count). The first kappa shape index (κ1) is 26.2.